The highest BCUT2D eigenvalue weighted by molar-refractivity contribution is 7.80. The number of nitrogens with two attached hydrogens (primary N) is 1. The Morgan fingerprint density at radius 3 is 2.83 bits per heavy atom. The van der Waals surface area contributed by atoms with Gasteiger partial charge in [-0.2, -0.15) is 5.26 Å². The van der Waals surface area contributed by atoms with E-state index in [1.165, 1.54) is 12.3 Å². The lowest BCUT2D eigenvalue weighted by molar-refractivity contribution is 0.601. The first-order chi connectivity index (χ1) is 8.63. The lowest BCUT2D eigenvalue weighted by atomic mass is 10.1. The van der Waals surface area contributed by atoms with Gasteiger partial charge in [0.05, 0.1) is 16.5 Å². The summed E-state index contributed by atoms with van der Waals surface area (Å²) in [5.41, 5.74) is 5.96. The second-order valence-electron chi connectivity index (χ2n) is 3.55. The van der Waals surface area contributed by atoms with Crippen LogP contribution in [0.2, 0.25) is 0 Å². The Kier molecular flexibility index (Phi) is 3.22. The monoisotopic (exact) mass is 256 g/mol. The Bertz CT molecular complexity index is 753. The van der Waals surface area contributed by atoms with E-state index >= 15 is 0 Å². The minimum atomic E-state index is -0.221. The number of hydrogen-bond acceptors (Lipinski definition) is 4. The van der Waals surface area contributed by atoms with Crippen LogP contribution in [0.15, 0.2) is 45.3 Å². The molecule has 0 spiro atoms. The molecular weight excluding hydrogens is 248 g/mol. The normalized spacial score (nSPS) is 11.2. The van der Waals surface area contributed by atoms with Gasteiger partial charge >= 0.3 is 0 Å². The Balaban J connectivity index is 2.68. The largest absolute Gasteiger partial charge is 0.463 e. The molecule has 1 aromatic heterocycles. The number of nitrogens with zero attached hydrogens (tertiary/aromatic N) is 1. The van der Waals surface area contributed by atoms with E-state index in [1.807, 2.05) is 6.07 Å². The molecule has 0 amide bonds. The zero-order valence-electron chi connectivity index (χ0n) is 9.21. The molecule has 0 radical (unpaired) electrons. The number of benzene rings is 1. The molecule has 4 nitrogen and oxygen atoms in total. The topological polar surface area (TPSA) is 80.0 Å². The van der Waals surface area contributed by atoms with Crippen LogP contribution in [0.3, 0.4) is 0 Å². The van der Waals surface area contributed by atoms with Crippen LogP contribution >= 0.6 is 12.2 Å². The van der Waals surface area contributed by atoms with Crippen LogP contribution < -0.4 is 11.2 Å². The minimum Gasteiger partial charge on any atom is -0.463 e. The average Bonchev–Trinajstić information content (AvgIpc) is 2.38. The minimum absolute atomic E-state index is 0.0509. The lowest BCUT2D eigenvalue weighted by Crippen LogP contribution is -2.11. The van der Waals surface area contributed by atoms with E-state index < -0.39 is 0 Å². The Morgan fingerprint density at radius 1 is 1.44 bits per heavy atom. The molecule has 2 rings (SSSR count). The van der Waals surface area contributed by atoms with Crippen molar-refractivity contribution in [2.24, 2.45) is 5.73 Å². The highest BCUT2D eigenvalue weighted by Gasteiger charge is 2.06. The van der Waals surface area contributed by atoms with E-state index in [4.69, 9.17) is 27.6 Å². The third kappa shape index (κ3) is 2.14. The van der Waals surface area contributed by atoms with Crippen molar-refractivity contribution in [1.29, 1.82) is 5.26 Å². The number of nitriles is 1. The molecule has 0 fully saturated rings. The fourth-order valence-electron chi connectivity index (χ4n) is 1.51. The maximum atomic E-state index is 12.1. The summed E-state index contributed by atoms with van der Waals surface area (Å²) >= 11 is 4.71. The summed E-state index contributed by atoms with van der Waals surface area (Å²) in [6.07, 6.45) is 2.63. The molecule has 0 saturated carbocycles. The van der Waals surface area contributed by atoms with Crippen molar-refractivity contribution in [2.75, 3.05) is 0 Å². The third-order valence-corrected chi connectivity index (χ3v) is 2.61. The quantitative estimate of drug-likeness (QED) is 0.505. The van der Waals surface area contributed by atoms with Gasteiger partial charge in [0, 0.05) is 0 Å². The summed E-state index contributed by atoms with van der Waals surface area (Å²) in [5, 5.41) is 9.29. The van der Waals surface area contributed by atoms with Crippen LogP contribution in [0.25, 0.3) is 17.0 Å². The highest BCUT2D eigenvalue weighted by Crippen LogP contribution is 2.12. The zero-order chi connectivity index (χ0) is 13.1. The maximum absolute atomic E-state index is 12.1. The number of fused-ring (bicyclic) bond motifs is 1. The van der Waals surface area contributed by atoms with Crippen LogP contribution in [-0.2, 0) is 0 Å². The average molecular weight is 256 g/mol. The van der Waals surface area contributed by atoms with Crippen LogP contribution in [-0.4, -0.2) is 4.99 Å². The van der Waals surface area contributed by atoms with E-state index in [2.05, 4.69) is 0 Å². The summed E-state index contributed by atoms with van der Waals surface area (Å²) in [7, 11) is 0. The van der Waals surface area contributed by atoms with Crippen molar-refractivity contribution < 1.29 is 4.42 Å². The first-order valence-electron chi connectivity index (χ1n) is 5.05. The van der Waals surface area contributed by atoms with Crippen molar-refractivity contribution in [3.63, 3.8) is 0 Å². The predicted octanol–water partition coefficient (Wildman–Crippen LogP) is 1.99. The molecule has 1 aromatic carbocycles. The maximum Gasteiger partial charge on any atom is 0.199 e. The Labute approximate surface area is 108 Å². The molecular formula is C13H8N2O2S. The first kappa shape index (κ1) is 12.0. The number of hydrogen-bond donors (Lipinski definition) is 1. The second-order valence-corrected chi connectivity index (χ2v) is 3.99. The summed E-state index contributed by atoms with van der Waals surface area (Å²) in [6, 6.07) is 8.71. The molecule has 2 N–H and O–H groups in total. The third-order valence-electron chi connectivity index (χ3n) is 2.39. The molecule has 0 saturated heterocycles. The second kappa shape index (κ2) is 4.82. The van der Waals surface area contributed by atoms with E-state index in [0.29, 0.717) is 11.0 Å². The van der Waals surface area contributed by atoms with Crippen LogP contribution in [0.5, 0.6) is 0 Å². The van der Waals surface area contributed by atoms with Gasteiger partial charge in [0.2, 0.25) is 0 Å². The standard InChI is InChI=1S/C13H8N2O2S/c14-6-8(13(15)18)5-9-7-17-11-4-2-1-3-10(11)12(9)16/h1-5,7H,(H2,15,18). The molecule has 0 aliphatic rings. The fraction of sp³-hybridized carbons (Fsp3) is 0. The molecule has 0 bridgehead atoms. The lowest BCUT2D eigenvalue weighted by Gasteiger charge is -1.98. The van der Waals surface area contributed by atoms with Crippen LogP contribution in [0.1, 0.15) is 5.56 Å². The van der Waals surface area contributed by atoms with Gasteiger partial charge in [0.15, 0.2) is 5.43 Å². The molecule has 0 unspecified atom stereocenters. The number of para-hydroxylation sites is 1. The van der Waals surface area contributed by atoms with Gasteiger partial charge in [-0.25, -0.2) is 0 Å². The van der Waals surface area contributed by atoms with E-state index in [0.717, 1.165) is 0 Å². The van der Waals surface area contributed by atoms with E-state index in [-0.39, 0.29) is 21.6 Å². The van der Waals surface area contributed by atoms with Gasteiger partial charge in [0.25, 0.3) is 0 Å². The van der Waals surface area contributed by atoms with Gasteiger partial charge < -0.3 is 10.2 Å². The Morgan fingerprint density at radius 2 is 2.17 bits per heavy atom. The van der Waals surface area contributed by atoms with Crippen molar-refractivity contribution in [2.45, 2.75) is 0 Å². The molecule has 1 heterocycles. The molecule has 2 aromatic rings. The summed E-state index contributed by atoms with van der Waals surface area (Å²) < 4.78 is 5.31. The van der Waals surface area contributed by atoms with Crippen LogP contribution in [0.4, 0.5) is 0 Å². The molecule has 5 heteroatoms. The first-order valence-corrected chi connectivity index (χ1v) is 5.46. The zero-order valence-corrected chi connectivity index (χ0v) is 10.0. The summed E-state index contributed by atoms with van der Waals surface area (Å²) in [4.78, 5) is 12.1. The van der Waals surface area contributed by atoms with Crippen molar-refractivity contribution >= 4 is 34.3 Å². The van der Waals surface area contributed by atoms with E-state index in [9.17, 15) is 4.79 Å². The summed E-state index contributed by atoms with van der Waals surface area (Å²) in [5.74, 6) is 0. The fourth-order valence-corrected chi connectivity index (χ4v) is 1.61. The van der Waals surface area contributed by atoms with E-state index in [1.54, 1.807) is 24.3 Å². The molecule has 0 aliphatic heterocycles. The molecule has 18 heavy (non-hydrogen) atoms. The predicted molar refractivity (Wildman–Crippen MR) is 72.9 cm³/mol. The molecule has 88 valence electrons. The highest BCUT2D eigenvalue weighted by atomic mass is 32.1. The van der Waals surface area contributed by atoms with Gasteiger partial charge in [0.1, 0.15) is 22.9 Å². The SMILES string of the molecule is N#CC(=Cc1coc2ccccc2c1=O)C(N)=S. The number of rotatable bonds is 2. The van der Waals surface area contributed by atoms with Gasteiger partial charge in [-0.1, -0.05) is 24.4 Å². The number of thiocarbonyl (C=S) groups is 1. The van der Waals surface area contributed by atoms with Crippen molar-refractivity contribution in [1.82, 2.24) is 0 Å². The molecule has 0 atom stereocenters. The smallest absolute Gasteiger partial charge is 0.199 e. The van der Waals surface area contributed by atoms with Gasteiger partial charge in [-0.15, -0.1) is 0 Å². The Hall–Kier alpha value is -2.45. The van der Waals surface area contributed by atoms with Gasteiger partial charge in [-0.3, -0.25) is 4.79 Å². The molecule has 0 aliphatic carbocycles. The van der Waals surface area contributed by atoms with Crippen LogP contribution in [0, 0.1) is 11.3 Å². The van der Waals surface area contributed by atoms with Crippen molar-refractivity contribution in [3.8, 4) is 6.07 Å². The summed E-state index contributed by atoms with van der Waals surface area (Å²) in [6.45, 7) is 0. The van der Waals surface area contributed by atoms with Crippen molar-refractivity contribution in [3.05, 3.63) is 51.9 Å². The van der Waals surface area contributed by atoms with Gasteiger partial charge in [-0.05, 0) is 18.2 Å².